The summed E-state index contributed by atoms with van der Waals surface area (Å²) in [6.45, 7) is 3.21. The number of halogens is 1. The van der Waals surface area contributed by atoms with E-state index in [1.165, 1.54) is 0 Å². The lowest BCUT2D eigenvalue weighted by molar-refractivity contribution is 0.589. The summed E-state index contributed by atoms with van der Waals surface area (Å²) in [6, 6.07) is 0. The lowest BCUT2D eigenvalue weighted by Gasteiger charge is -2.03. The van der Waals surface area contributed by atoms with Crippen molar-refractivity contribution in [1.29, 1.82) is 0 Å². The van der Waals surface area contributed by atoms with Crippen molar-refractivity contribution >= 4 is 21.4 Å². The quantitative estimate of drug-likeness (QED) is 0.498. The molecular formula is C8H18ClNO2S. The fourth-order valence-corrected chi connectivity index (χ4v) is 2.37. The molecule has 0 aliphatic rings. The molecule has 0 aliphatic carbocycles. The van der Waals surface area contributed by atoms with Gasteiger partial charge < -0.3 is 5.32 Å². The van der Waals surface area contributed by atoms with Gasteiger partial charge in [0.1, 0.15) is 0 Å². The van der Waals surface area contributed by atoms with E-state index >= 15 is 0 Å². The van der Waals surface area contributed by atoms with Crippen molar-refractivity contribution in [2.45, 2.75) is 19.8 Å². The second-order valence-corrected chi connectivity index (χ2v) is 5.63. The number of alkyl halides is 1. The Balaban J connectivity index is 3.41. The monoisotopic (exact) mass is 227 g/mol. The topological polar surface area (TPSA) is 46.2 Å². The number of nitrogens with one attached hydrogen (secondary N) is 1. The average molecular weight is 228 g/mol. The number of hydrogen-bond acceptors (Lipinski definition) is 3. The highest BCUT2D eigenvalue weighted by atomic mass is 35.5. The van der Waals surface area contributed by atoms with Crippen molar-refractivity contribution in [2.24, 2.45) is 0 Å². The van der Waals surface area contributed by atoms with Gasteiger partial charge in [-0.2, -0.15) is 0 Å². The zero-order chi connectivity index (χ0) is 10.2. The molecule has 0 spiro atoms. The predicted octanol–water partition coefficient (Wildman–Crippen LogP) is 1.03. The van der Waals surface area contributed by atoms with Crippen molar-refractivity contribution < 1.29 is 8.42 Å². The molecule has 0 aromatic heterocycles. The van der Waals surface area contributed by atoms with Gasteiger partial charge in [-0.15, -0.1) is 11.6 Å². The summed E-state index contributed by atoms with van der Waals surface area (Å²) in [5, 5.41) is 3.04. The van der Waals surface area contributed by atoms with Crippen LogP contribution in [0.25, 0.3) is 0 Å². The van der Waals surface area contributed by atoms with Crippen LogP contribution in [0.5, 0.6) is 0 Å². The molecule has 0 aromatic rings. The highest BCUT2D eigenvalue weighted by Crippen LogP contribution is 1.92. The van der Waals surface area contributed by atoms with Gasteiger partial charge in [0.15, 0.2) is 9.84 Å². The van der Waals surface area contributed by atoms with Crippen LogP contribution in [0.3, 0.4) is 0 Å². The zero-order valence-electron chi connectivity index (χ0n) is 8.05. The molecule has 0 bridgehead atoms. The molecule has 0 saturated heterocycles. The van der Waals surface area contributed by atoms with Gasteiger partial charge >= 0.3 is 0 Å². The number of hydrogen-bond donors (Lipinski definition) is 1. The summed E-state index contributed by atoms with van der Waals surface area (Å²) >= 11 is 5.46. The fourth-order valence-electron chi connectivity index (χ4n) is 0.958. The Morgan fingerprint density at radius 2 is 1.92 bits per heavy atom. The standard InChI is InChI=1S/C8H18ClNO2S/c1-2-7-13(11,12)8-6-10-5-3-4-9/h10H,2-8H2,1H3. The molecule has 1 N–H and O–H groups in total. The largest absolute Gasteiger partial charge is 0.316 e. The van der Waals surface area contributed by atoms with Crippen LogP contribution < -0.4 is 5.32 Å². The summed E-state index contributed by atoms with van der Waals surface area (Å²) in [5.41, 5.74) is 0. The molecule has 0 aromatic carbocycles. The smallest absolute Gasteiger partial charge is 0.151 e. The Morgan fingerprint density at radius 1 is 1.23 bits per heavy atom. The van der Waals surface area contributed by atoms with E-state index in [1.807, 2.05) is 6.92 Å². The summed E-state index contributed by atoms with van der Waals surface area (Å²) in [7, 11) is -2.81. The van der Waals surface area contributed by atoms with Gasteiger partial charge in [0, 0.05) is 18.2 Å². The first-order valence-electron chi connectivity index (χ1n) is 4.59. The molecule has 0 radical (unpaired) electrons. The average Bonchev–Trinajstić information content (AvgIpc) is 2.04. The SMILES string of the molecule is CCCS(=O)(=O)CCNCCCCl. The van der Waals surface area contributed by atoms with Crippen LogP contribution >= 0.6 is 11.6 Å². The molecule has 0 aliphatic heterocycles. The van der Waals surface area contributed by atoms with Crippen LogP contribution in [0, 0.1) is 0 Å². The Bertz CT molecular complexity index is 204. The van der Waals surface area contributed by atoms with E-state index in [-0.39, 0.29) is 5.75 Å². The second-order valence-electron chi connectivity index (χ2n) is 2.94. The van der Waals surface area contributed by atoms with Crippen LogP contribution in [-0.4, -0.2) is 38.9 Å². The van der Waals surface area contributed by atoms with E-state index < -0.39 is 9.84 Å². The summed E-state index contributed by atoms with van der Waals surface area (Å²) in [5.74, 6) is 1.15. The van der Waals surface area contributed by atoms with E-state index in [2.05, 4.69) is 5.32 Å². The van der Waals surface area contributed by atoms with Crippen LogP contribution in [0.15, 0.2) is 0 Å². The Hall–Kier alpha value is 0.200. The highest BCUT2D eigenvalue weighted by Gasteiger charge is 2.07. The molecule has 0 heterocycles. The van der Waals surface area contributed by atoms with Crippen LogP contribution in [0.2, 0.25) is 0 Å². The normalized spacial score (nSPS) is 11.8. The first-order valence-corrected chi connectivity index (χ1v) is 6.95. The van der Waals surface area contributed by atoms with Crippen LogP contribution in [0.4, 0.5) is 0 Å². The van der Waals surface area contributed by atoms with Gasteiger partial charge in [0.2, 0.25) is 0 Å². The minimum atomic E-state index is -2.81. The van der Waals surface area contributed by atoms with Gasteiger partial charge in [-0.25, -0.2) is 8.42 Å². The van der Waals surface area contributed by atoms with Crippen LogP contribution in [0.1, 0.15) is 19.8 Å². The molecule has 0 amide bonds. The van der Waals surface area contributed by atoms with Gasteiger partial charge in [-0.1, -0.05) is 6.92 Å². The number of sulfone groups is 1. The molecular weight excluding hydrogens is 210 g/mol. The van der Waals surface area contributed by atoms with E-state index in [0.29, 0.717) is 24.6 Å². The number of rotatable bonds is 8. The van der Waals surface area contributed by atoms with Crippen molar-refractivity contribution in [3.8, 4) is 0 Å². The van der Waals surface area contributed by atoms with Crippen molar-refractivity contribution in [2.75, 3.05) is 30.5 Å². The van der Waals surface area contributed by atoms with E-state index in [0.717, 1.165) is 13.0 Å². The summed E-state index contributed by atoms with van der Waals surface area (Å²) in [4.78, 5) is 0. The lowest BCUT2D eigenvalue weighted by atomic mass is 10.5. The zero-order valence-corrected chi connectivity index (χ0v) is 9.62. The van der Waals surface area contributed by atoms with E-state index in [4.69, 9.17) is 11.6 Å². The Labute approximate surface area is 85.8 Å². The predicted molar refractivity (Wildman–Crippen MR) is 57.2 cm³/mol. The fraction of sp³-hybridized carbons (Fsp3) is 1.00. The second kappa shape index (κ2) is 7.59. The Morgan fingerprint density at radius 3 is 2.46 bits per heavy atom. The third kappa shape index (κ3) is 8.53. The summed E-state index contributed by atoms with van der Waals surface area (Å²) < 4.78 is 22.4. The maximum absolute atomic E-state index is 11.2. The van der Waals surface area contributed by atoms with E-state index in [9.17, 15) is 8.42 Å². The summed E-state index contributed by atoms with van der Waals surface area (Å²) in [6.07, 6.45) is 1.58. The molecule has 80 valence electrons. The Kier molecular flexibility index (Phi) is 7.71. The molecule has 5 heteroatoms. The van der Waals surface area contributed by atoms with E-state index in [1.54, 1.807) is 0 Å². The molecule has 13 heavy (non-hydrogen) atoms. The molecule has 0 rings (SSSR count). The molecule has 3 nitrogen and oxygen atoms in total. The van der Waals surface area contributed by atoms with Crippen LogP contribution in [-0.2, 0) is 9.84 Å². The van der Waals surface area contributed by atoms with Gasteiger partial charge in [0.25, 0.3) is 0 Å². The third-order valence-corrected chi connectivity index (χ3v) is 3.72. The molecule has 0 saturated carbocycles. The first-order chi connectivity index (χ1) is 6.12. The van der Waals surface area contributed by atoms with Gasteiger partial charge in [0.05, 0.1) is 5.75 Å². The van der Waals surface area contributed by atoms with Gasteiger partial charge in [-0.3, -0.25) is 0 Å². The maximum atomic E-state index is 11.2. The third-order valence-electron chi connectivity index (χ3n) is 1.59. The lowest BCUT2D eigenvalue weighted by Crippen LogP contribution is -2.25. The molecule has 0 fully saturated rings. The van der Waals surface area contributed by atoms with Crippen molar-refractivity contribution in [3.63, 3.8) is 0 Å². The maximum Gasteiger partial charge on any atom is 0.151 e. The first kappa shape index (κ1) is 13.2. The van der Waals surface area contributed by atoms with Gasteiger partial charge in [-0.05, 0) is 19.4 Å². The van der Waals surface area contributed by atoms with Crippen molar-refractivity contribution in [1.82, 2.24) is 5.32 Å². The highest BCUT2D eigenvalue weighted by molar-refractivity contribution is 7.91. The molecule has 0 atom stereocenters. The minimum absolute atomic E-state index is 0.239. The molecule has 0 unspecified atom stereocenters. The van der Waals surface area contributed by atoms with Crippen molar-refractivity contribution in [3.05, 3.63) is 0 Å². The minimum Gasteiger partial charge on any atom is -0.316 e.